The summed E-state index contributed by atoms with van der Waals surface area (Å²) in [6.07, 6.45) is -4.88. The number of nitrogens with zero attached hydrogens (tertiary/aromatic N) is 1. The number of carbonyl (C=O) groups is 2. The molecule has 2 heterocycles. The van der Waals surface area contributed by atoms with Crippen LogP contribution in [0.25, 0.3) is 5.76 Å². The van der Waals surface area contributed by atoms with E-state index in [2.05, 4.69) is 4.74 Å². The number of furan rings is 1. The van der Waals surface area contributed by atoms with Crippen LogP contribution in [0.4, 0.5) is 18.9 Å². The lowest BCUT2D eigenvalue weighted by Crippen LogP contribution is -2.29. The normalized spacial score (nSPS) is 17.5. The van der Waals surface area contributed by atoms with E-state index in [1.165, 1.54) is 12.1 Å². The molecule has 37 heavy (non-hydrogen) atoms. The van der Waals surface area contributed by atoms with Crippen molar-refractivity contribution in [3.63, 3.8) is 0 Å². The zero-order valence-corrected chi connectivity index (χ0v) is 20.2. The van der Waals surface area contributed by atoms with Crippen LogP contribution < -0.4 is 14.4 Å². The molecule has 4 rings (SSSR count). The number of aliphatic hydroxyl groups excluding tert-OH is 1. The number of anilines is 1. The zero-order valence-electron chi connectivity index (χ0n) is 20.2. The Bertz CT molecular complexity index is 1340. The number of aliphatic hydroxyl groups is 1. The summed E-state index contributed by atoms with van der Waals surface area (Å²) in [7, 11) is 0. The van der Waals surface area contributed by atoms with Gasteiger partial charge in [0.1, 0.15) is 34.8 Å². The van der Waals surface area contributed by atoms with Crippen molar-refractivity contribution in [3.8, 4) is 11.5 Å². The quantitative estimate of drug-likeness (QED) is 0.231. The lowest BCUT2D eigenvalue weighted by Gasteiger charge is -2.23. The van der Waals surface area contributed by atoms with Gasteiger partial charge in [-0.2, -0.15) is 0 Å². The lowest BCUT2D eigenvalue weighted by atomic mass is 9.99. The second kappa shape index (κ2) is 10.0. The molecule has 1 aromatic heterocycles. The molecular formula is C27H24F3NO6. The van der Waals surface area contributed by atoms with Gasteiger partial charge in [0, 0.05) is 11.3 Å². The third-order valence-electron chi connectivity index (χ3n) is 5.51. The Morgan fingerprint density at radius 2 is 1.76 bits per heavy atom. The van der Waals surface area contributed by atoms with Gasteiger partial charge in [-0.3, -0.25) is 14.5 Å². The number of Topliss-reactive ketones (excluding diaryl/α,β-unsaturated/α-hetero) is 1. The standard InChI is InChI=1S/C27H24F3NO6/c1-15(2)14-35-20-6-4-5-17(13-20)24(32)22-23(21-12-7-16(3)36-21)31(26(34)25(22)33)18-8-10-19(11-9-18)37-27(28,29)30/h4-13,15,23,32H,14H2,1-3H3/b24-22-. The van der Waals surface area contributed by atoms with Gasteiger partial charge in [-0.1, -0.05) is 26.0 Å². The molecular weight excluding hydrogens is 491 g/mol. The molecule has 10 heteroatoms. The highest BCUT2D eigenvalue weighted by Crippen LogP contribution is 2.43. The molecule has 7 nitrogen and oxygen atoms in total. The van der Waals surface area contributed by atoms with E-state index < -0.39 is 35.6 Å². The van der Waals surface area contributed by atoms with E-state index in [-0.39, 0.29) is 28.5 Å². The fraction of sp³-hybridized carbons (Fsp3) is 0.259. The van der Waals surface area contributed by atoms with E-state index in [0.717, 1.165) is 17.0 Å². The highest BCUT2D eigenvalue weighted by Gasteiger charge is 2.48. The van der Waals surface area contributed by atoms with Gasteiger partial charge < -0.3 is 19.0 Å². The number of hydrogen-bond acceptors (Lipinski definition) is 6. The first-order valence-electron chi connectivity index (χ1n) is 11.4. The Labute approximate surface area is 210 Å². The topological polar surface area (TPSA) is 89.2 Å². The molecule has 0 bridgehead atoms. The number of amides is 1. The number of benzene rings is 2. The molecule has 1 N–H and O–H groups in total. The van der Waals surface area contributed by atoms with E-state index >= 15 is 0 Å². The van der Waals surface area contributed by atoms with Crippen molar-refractivity contribution in [1.82, 2.24) is 0 Å². The summed E-state index contributed by atoms with van der Waals surface area (Å²) in [5, 5.41) is 11.2. The van der Waals surface area contributed by atoms with Gasteiger partial charge in [0.05, 0.1) is 12.2 Å². The van der Waals surface area contributed by atoms with Crippen LogP contribution in [0.15, 0.2) is 70.7 Å². The maximum atomic E-state index is 13.2. The Balaban J connectivity index is 1.79. The summed E-state index contributed by atoms with van der Waals surface area (Å²) in [4.78, 5) is 27.4. The minimum Gasteiger partial charge on any atom is -0.507 e. The van der Waals surface area contributed by atoms with Crippen LogP contribution in [-0.2, 0) is 9.59 Å². The summed E-state index contributed by atoms with van der Waals surface area (Å²) in [5.41, 5.74) is 0.140. The van der Waals surface area contributed by atoms with Gasteiger partial charge in [-0.05, 0) is 61.4 Å². The summed E-state index contributed by atoms with van der Waals surface area (Å²) < 4.78 is 53.0. The Hall–Kier alpha value is -4.21. The summed E-state index contributed by atoms with van der Waals surface area (Å²) in [6.45, 7) is 6.08. The van der Waals surface area contributed by atoms with Crippen molar-refractivity contribution in [2.45, 2.75) is 33.2 Å². The van der Waals surface area contributed by atoms with E-state index in [1.807, 2.05) is 13.8 Å². The highest BCUT2D eigenvalue weighted by molar-refractivity contribution is 6.51. The van der Waals surface area contributed by atoms with Crippen molar-refractivity contribution in [1.29, 1.82) is 0 Å². The van der Waals surface area contributed by atoms with Gasteiger partial charge in [-0.25, -0.2) is 0 Å². The van der Waals surface area contributed by atoms with Crippen molar-refractivity contribution in [3.05, 3.63) is 83.3 Å². The van der Waals surface area contributed by atoms with Gasteiger partial charge in [-0.15, -0.1) is 13.2 Å². The second-order valence-electron chi connectivity index (χ2n) is 8.89. The first-order valence-corrected chi connectivity index (χ1v) is 11.4. The summed E-state index contributed by atoms with van der Waals surface area (Å²) >= 11 is 0. The van der Waals surface area contributed by atoms with Crippen LogP contribution in [0.2, 0.25) is 0 Å². The largest absolute Gasteiger partial charge is 0.573 e. The molecule has 3 aromatic rings. The molecule has 1 aliphatic heterocycles. The number of hydrogen-bond donors (Lipinski definition) is 1. The minimum atomic E-state index is -4.88. The van der Waals surface area contributed by atoms with Gasteiger partial charge in [0.25, 0.3) is 11.7 Å². The number of ether oxygens (including phenoxy) is 2. The average molecular weight is 515 g/mol. The molecule has 2 aromatic carbocycles. The van der Waals surface area contributed by atoms with Crippen molar-refractivity contribution < 1.29 is 41.8 Å². The number of carbonyl (C=O) groups excluding carboxylic acids is 2. The molecule has 0 aliphatic carbocycles. The van der Waals surface area contributed by atoms with Gasteiger partial charge >= 0.3 is 6.36 Å². The van der Waals surface area contributed by atoms with Crippen molar-refractivity contribution in [2.24, 2.45) is 5.92 Å². The fourth-order valence-corrected chi connectivity index (χ4v) is 3.93. The van der Waals surface area contributed by atoms with Crippen molar-refractivity contribution >= 4 is 23.1 Å². The first kappa shape index (κ1) is 25.9. The van der Waals surface area contributed by atoms with E-state index in [0.29, 0.717) is 18.1 Å². The predicted molar refractivity (Wildman–Crippen MR) is 128 cm³/mol. The number of ketones is 1. The summed E-state index contributed by atoms with van der Waals surface area (Å²) in [6, 6.07) is 13.0. The minimum absolute atomic E-state index is 0.115. The SMILES string of the molecule is Cc1ccc(C2/C(=C(/O)c3cccc(OCC(C)C)c3)C(=O)C(=O)N2c2ccc(OC(F)(F)F)cc2)o1. The van der Waals surface area contributed by atoms with E-state index in [9.17, 15) is 27.9 Å². The third kappa shape index (κ3) is 5.63. The van der Waals surface area contributed by atoms with Crippen LogP contribution in [0, 0.1) is 12.8 Å². The second-order valence-corrected chi connectivity index (χ2v) is 8.89. The molecule has 1 saturated heterocycles. The van der Waals surface area contributed by atoms with Crippen LogP contribution in [0.1, 0.15) is 37.0 Å². The molecule has 0 saturated carbocycles. The Morgan fingerprint density at radius 1 is 1.05 bits per heavy atom. The smallest absolute Gasteiger partial charge is 0.507 e. The van der Waals surface area contributed by atoms with E-state index in [1.54, 1.807) is 43.3 Å². The monoisotopic (exact) mass is 515 g/mol. The van der Waals surface area contributed by atoms with E-state index in [4.69, 9.17) is 9.15 Å². The van der Waals surface area contributed by atoms with Crippen LogP contribution in [0.3, 0.4) is 0 Å². The zero-order chi connectivity index (χ0) is 26.9. The molecule has 1 atom stereocenters. The molecule has 194 valence electrons. The number of aryl methyl sites for hydroxylation is 1. The first-order chi connectivity index (χ1) is 17.4. The number of halogens is 3. The van der Waals surface area contributed by atoms with Gasteiger partial charge in [0.2, 0.25) is 0 Å². The lowest BCUT2D eigenvalue weighted by molar-refractivity contribution is -0.274. The highest BCUT2D eigenvalue weighted by atomic mass is 19.4. The Morgan fingerprint density at radius 3 is 2.35 bits per heavy atom. The molecule has 1 amide bonds. The third-order valence-corrected chi connectivity index (χ3v) is 5.51. The Kier molecular flexibility index (Phi) is 7.02. The molecule has 1 aliphatic rings. The van der Waals surface area contributed by atoms with Crippen LogP contribution >= 0.6 is 0 Å². The number of rotatable bonds is 7. The summed E-state index contributed by atoms with van der Waals surface area (Å²) in [5.74, 6) is -1.45. The average Bonchev–Trinajstić information content (AvgIpc) is 3.37. The number of alkyl halides is 3. The molecule has 0 spiro atoms. The maximum absolute atomic E-state index is 13.2. The molecule has 1 fully saturated rings. The van der Waals surface area contributed by atoms with Crippen LogP contribution in [0.5, 0.6) is 11.5 Å². The van der Waals surface area contributed by atoms with Crippen molar-refractivity contribution in [2.75, 3.05) is 11.5 Å². The van der Waals surface area contributed by atoms with Crippen LogP contribution in [-0.4, -0.2) is 29.8 Å². The predicted octanol–water partition coefficient (Wildman–Crippen LogP) is 6.15. The maximum Gasteiger partial charge on any atom is 0.573 e. The fourth-order valence-electron chi connectivity index (χ4n) is 3.93. The molecule has 0 radical (unpaired) electrons. The molecule has 1 unspecified atom stereocenters. The van der Waals surface area contributed by atoms with Gasteiger partial charge in [0.15, 0.2) is 0 Å².